The maximum atomic E-state index is 5.20. The Morgan fingerprint density at radius 3 is 1.93 bits per heavy atom. The molecule has 0 bridgehead atoms. The largest absolute Gasteiger partial charge is 0.493 e. The molecule has 1 rings (SSSR count). The predicted molar refractivity (Wildman–Crippen MR) is 58.3 cm³/mol. The van der Waals surface area contributed by atoms with Crippen LogP contribution in [0.2, 0.25) is 0 Å². The van der Waals surface area contributed by atoms with E-state index in [0.29, 0.717) is 17.2 Å². The highest BCUT2D eigenvalue weighted by molar-refractivity contribution is 5.56. The summed E-state index contributed by atoms with van der Waals surface area (Å²) in [5.74, 6) is 4.20. The van der Waals surface area contributed by atoms with Crippen LogP contribution in [-0.4, -0.2) is 21.3 Å². The fourth-order valence-electron chi connectivity index (χ4n) is 1.28. The molecule has 3 heteroatoms. The smallest absolute Gasteiger partial charge is 0.203 e. The molecule has 0 spiro atoms. The van der Waals surface area contributed by atoms with Crippen LogP contribution < -0.4 is 14.2 Å². The summed E-state index contributed by atoms with van der Waals surface area (Å²) < 4.78 is 15.5. The van der Waals surface area contributed by atoms with Gasteiger partial charge in [-0.2, -0.15) is 0 Å². The van der Waals surface area contributed by atoms with Gasteiger partial charge in [-0.05, 0) is 17.7 Å². The summed E-state index contributed by atoms with van der Waals surface area (Å²) >= 11 is 0. The minimum Gasteiger partial charge on any atom is -0.493 e. The molecule has 3 nitrogen and oxygen atoms in total. The van der Waals surface area contributed by atoms with Crippen LogP contribution in [-0.2, 0) is 0 Å². The number of hydrogen-bond donors (Lipinski definition) is 0. The van der Waals surface area contributed by atoms with Crippen molar-refractivity contribution >= 4 is 0 Å². The Bertz CT molecular complexity index is 352. The van der Waals surface area contributed by atoms with Gasteiger partial charge in [-0.15, -0.1) is 6.42 Å². The third kappa shape index (κ3) is 2.35. The molecule has 0 amide bonds. The van der Waals surface area contributed by atoms with Crippen molar-refractivity contribution in [2.24, 2.45) is 0 Å². The Hall–Kier alpha value is -1.82. The molecular weight excluding hydrogens is 192 g/mol. The Morgan fingerprint density at radius 2 is 1.60 bits per heavy atom. The topological polar surface area (TPSA) is 27.7 Å². The summed E-state index contributed by atoms with van der Waals surface area (Å²) in [5.41, 5.74) is 0.840. The van der Waals surface area contributed by atoms with E-state index in [1.54, 1.807) is 39.9 Å². The van der Waals surface area contributed by atoms with Crippen LogP contribution in [0.25, 0.3) is 0 Å². The maximum Gasteiger partial charge on any atom is 0.203 e. The van der Waals surface area contributed by atoms with Crippen LogP contribution in [0.4, 0.5) is 0 Å². The highest BCUT2D eigenvalue weighted by Crippen LogP contribution is 2.38. The Labute approximate surface area is 90.0 Å². The molecule has 15 heavy (non-hydrogen) atoms. The van der Waals surface area contributed by atoms with Crippen molar-refractivity contribution in [2.45, 2.75) is 0 Å². The molecule has 79 valence electrons. The number of ether oxygens (including phenoxy) is 3. The normalized spacial score (nSPS) is 9.20. The van der Waals surface area contributed by atoms with E-state index in [9.17, 15) is 0 Å². The predicted octanol–water partition coefficient (Wildman–Crippen LogP) is 1.90. The first-order chi connectivity index (χ1) is 7.26. The second-order valence-corrected chi connectivity index (χ2v) is 2.77. The molecule has 1 aromatic carbocycles. The summed E-state index contributed by atoms with van der Waals surface area (Å²) in [7, 11) is 4.69. The van der Waals surface area contributed by atoms with Gasteiger partial charge in [0.05, 0.1) is 27.8 Å². The average molecular weight is 205 g/mol. The lowest BCUT2D eigenvalue weighted by molar-refractivity contribution is 0.324. The molecule has 0 aliphatic rings. The molecule has 0 aromatic heterocycles. The molecule has 1 radical (unpaired) electrons. The number of rotatable bonds is 4. The van der Waals surface area contributed by atoms with Crippen molar-refractivity contribution in [1.82, 2.24) is 0 Å². The summed E-state index contributed by atoms with van der Waals surface area (Å²) in [6, 6.07) is 3.59. The van der Waals surface area contributed by atoms with Crippen molar-refractivity contribution in [2.75, 3.05) is 21.3 Å². The molecule has 0 heterocycles. The molecule has 0 atom stereocenters. The lowest BCUT2D eigenvalue weighted by Crippen LogP contribution is -1.96. The third-order valence-corrected chi connectivity index (χ3v) is 1.94. The zero-order valence-electron chi connectivity index (χ0n) is 9.03. The molecule has 0 saturated carbocycles. The number of benzene rings is 1. The van der Waals surface area contributed by atoms with E-state index in [2.05, 4.69) is 5.92 Å². The quantitative estimate of drug-likeness (QED) is 0.702. The molecule has 0 aliphatic carbocycles. The van der Waals surface area contributed by atoms with Gasteiger partial charge in [0, 0.05) is 0 Å². The van der Waals surface area contributed by atoms with Crippen LogP contribution >= 0.6 is 0 Å². The monoisotopic (exact) mass is 205 g/mol. The molecule has 0 N–H and O–H groups in total. The van der Waals surface area contributed by atoms with Gasteiger partial charge in [0.15, 0.2) is 11.5 Å². The van der Waals surface area contributed by atoms with Crippen molar-refractivity contribution < 1.29 is 14.2 Å². The van der Waals surface area contributed by atoms with Crippen molar-refractivity contribution in [3.63, 3.8) is 0 Å². The van der Waals surface area contributed by atoms with Gasteiger partial charge in [-0.1, -0.05) is 5.92 Å². The second-order valence-electron chi connectivity index (χ2n) is 2.77. The third-order valence-electron chi connectivity index (χ3n) is 1.94. The molecule has 1 aromatic rings. The number of terminal acetylenes is 1. The molecule has 0 saturated heterocycles. The summed E-state index contributed by atoms with van der Waals surface area (Å²) in [4.78, 5) is 0. The Morgan fingerprint density at radius 1 is 1.07 bits per heavy atom. The fourth-order valence-corrected chi connectivity index (χ4v) is 1.28. The van der Waals surface area contributed by atoms with Crippen molar-refractivity contribution in [3.8, 4) is 29.6 Å². The lowest BCUT2D eigenvalue weighted by Gasteiger charge is -2.12. The van der Waals surface area contributed by atoms with Crippen LogP contribution in [0.3, 0.4) is 0 Å². The zero-order valence-corrected chi connectivity index (χ0v) is 9.03. The van der Waals surface area contributed by atoms with Gasteiger partial charge < -0.3 is 14.2 Å². The minimum atomic E-state index is 0.564. The number of hydrogen-bond acceptors (Lipinski definition) is 3. The van der Waals surface area contributed by atoms with Crippen molar-refractivity contribution in [3.05, 3.63) is 24.1 Å². The first-order valence-corrected chi connectivity index (χ1v) is 4.36. The highest BCUT2D eigenvalue weighted by Gasteiger charge is 2.12. The molecular formula is C12H13O3. The molecule has 0 unspecified atom stereocenters. The van der Waals surface area contributed by atoms with E-state index in [-0.39, 0.29) is 0 Å². The van der Waals surface area contributed by atoms with E-state index in [4.69, 9.17) is 20.6 Å². The van der Waals surface area contributed by atoms with E-state index in [1.807, 2.05) is 0 Å². The SMILES string of the molecule is C#C[CH]c1cc(OC)c(OC)c(OC)c1. The first-order valence-electron chi connectivity index (χ1n) is 4.36. The summed E-state index contributed by atoms with van der Waals surface area (Å²) in [5, 5.41) is 0. The maximum absolute atomic E-state index is 5.20. The average Bonchev–Trinajstić information content (AvgIpc) is 2.28. The van der Waals surface area contributed by atoms with Crippen molar-refractivity contribution in [1.29, 1.82) is 0 Å². The Kier molecular flexibility index (Phi) is 3.87. The van der Waals surface area contributed by atoms with E-state index >= 15 is 0 Å². The van der Waals surface area contributed by atoms with E-state index in [0.717, 1.165) is 5.56 Å². The van der Waals surface area contributed by atoms with Gasteiger partial charge >= 0.3 is 0 Å². The van der Waals surface area contributed by atoms with Crippen LogP contribution in [0.15, 0.2) is 12.1 Å². The molecule has 0 aliphatic heterocycles. The van der Waals surface area contributed by atoms with E-state index in [1.165, 1.54) is 0 Å². The van der Waals surface area contributed by atoms with Gasteiger partial charge in [0.2, 0.25) is 5.75 Å². The first kappa shape index (κ1) is 11.3. The van der Waals surface area contributed by atoms with E-state index < -0.39 is 0 Å². The molecule has 0 fully saturated rings. The highest BCUT2D eigenvalue weighted by atomic mass is 16.5. The van der Waals surface area contributed by atoms with Crippen LogP contribution in [0.5, 0.6) is 17.2 Å². The zero-order chi connectivity index (χ0) is 11.3. The van der Waals surface area contributed by atoms with Gasteiger partial charge in [-0.25, -0.2) is 0 Å². The van der Waals surface area contributed by atoms with Gasteiger partial charge in [-0.3, -0.25) is 0 Å². The summed E-state index contributed by atoms with van der Waals surface area (Å²) in [6.45, 7) is 0. The lowest BCUT2D eigenvalue weighted by atomic mass is 10.1. The van der Waals surface area contributed by atoms with Crippen LogP contribution in [0, 0.1) is 18.8 Å². The minimum absolute atomic E-state index is 0.564. The number of methoxy groups -OCH3 is 3. The standard InChI is InChI=1S/C12H13O3/c1-5-6-9-7-10(13-2)12(15-4)11(8-9)14-3/h1,6-8H,2-4H3. The summed E-state index contributed by atoms with van der Waals surface area (Å²) in [6.07, 6.45) is 6.83. The Balaban J connectivity index is 3.24. The fraction of sp³-hybridized carbons (Fsp3) is 0.250. The van der Waals surface area contributed by atoms with Crippen LogP contribution in [0.1, 0.15) is 5.56 Å². The second kappa shape index (κ2) is 5.16. The van der Waals surface area contributed by atoms with Gasteiger partial charge in [0.25, 0.3) is 0 Å². The van der Waals surface area contributed by atoms with Gasteiger partial charge in [0.1, 0.15) is 0 Å².